The zero-order valence-electron chi connectivity index (χ0n) is 12.7. The number of nitrogen functional groups attached to an aromatic ring is 1. The number of hydrogen-bond donors (Lipinski definition) is 1. The molecule has 0 spiro atoms. The molecule has 3 nitrogen and oxygen atoms in total. The van der Waals surface area contributed by atoms with Crippen molar-refractivity contribution in [2.24, 2.45) is 0 Å². The fraction of sp³-hybridized carbons (Fsp3) is 0.294. The van der Waals surface area contributed by atoms with E-state index in [1.807, 2.05) is 24.3 Å². The van der Waals surface area contributed by atoms with Crippen molar-refractivity contribution < 1.29 is 9.47 Å². The Kier molecular flexibility index (Phi) is 4.33. The van der Waals surface area contributed by atoms with E-state index in [1.165, 1.54) is 0 Å². The van der Waals surface area contributed by atoms with Gasteiger partial charge in [0, 0.05) is 5.56 Å². The van der Waals surface area contributed by atoms with Crippen molar-refractivity contribution in [2.75, 3.05) is 12.8 Å². The fourth-order valence-corrected chi connectivity index (χ4v) is 2.20. The highest BCUT2D eigenvalue weighted by Gasteiger charge is 2.21. The fourth-order valence-electron chi connectivity index (χ4n) is 2.04. The van der Waals surface area contributed by atoms with Gasteiger partial charge in [-0.2, -0.15) is 0 Å². The molecule has 0 atom stereocenters. The second-order valence-corrected chi connectivity index (χ2v) is 6.27. The number of anilines is 1. The Morgan fingerprint density at radius 2 is 1.76 bits per heavy atom. The molecule has 0 unspecified atom stereocenters. The number of rotatable bonds is 3. The van der Waals surface area contributed by atoms with Crippen LogP contribution in [0, 0.1) is 0 Å². The van der Waals surface area contributed by atoms with Gasteiger partial charge in [0.15, 0.2) is 5.75 Å². The third-order valence-corrected chi connectivity index (χ3v) is 3.56. The first-order valence-electron chi connectivity index (χ1n) is 6.73. The van der Waals surface area contributed by atoms with E-state index in [0.717, 1.165) is 17.1 Å². The van der Waals surface area contributed by atoms with Gasteiger partial charge in [-0.25, -0.2) is 0 Å². The van der Waals surface area contributed by atoms with Gasteiger partial charge in [0.05, 0.1) is 17.8 Å². The van der Waals surface area contributed by atoms with E-state index in [0.29, 0.717) is 16.5 Å². The lowest BCUT2D eigenvalue weighted by Crippen LogP contribution is -2.13. The predicted molar refractivity (Wildman–Crippen MR) is 87.6 cm³/mol. The van der Waals surface area contributed by atoms with E-state index in [9.17, 15) is 0 Å². The first-order chi connectivity index (χ1) is 9.82. The second kappa shape index (κ2) is 5.86. The molecule has 2 rings (SSSR count). The first-order valence-corrected chi connectivity index (χ1v) is 7.11. The Morgan fingerprint density at radius 3 is 2.38 bits per heavy atom. The third-order valence-electron chi connectivity index (χ3n) is 3.23. The summed E-state index contributed by atoms with van der Waals surface area (Å²) in [5, 5.41) is 0.485. The highest BCUT2D eigenvalue weighted by molar-refractivity contribution is 6.33. The van der Waals surface area contributed by atoms with Gasteiger partial charge >= 0.3 is 0 Å². The highest BCUT2D eigenvalue weighted by atomic mass is 35.5. The molecule has 2 N–H and O–H groups in total. The number of halogens is 1. The normalized spacial score (nSPS) is 11.3. The molecule has 0 aromatic heterocycles. The van der Waals surface area contributed by atoms with Crippen molar-refractivity contribution in [2.45, 2.75) is 26.2 Å². The Balaban J connectivity index is 2.46. The van der Waals surface area contributed by atoms with E-state index in [1.54, 1.807) is 19.2 Å². The van der Waals surface area contributed by atoms with Crippen molar-refractivity contribution in [3.05, 3.63) is 47.0 Å². The SMILES string of the molecule is COc1ccc(Oc2cccc(Cl)c2N)c(C(C)(C)C)c1. The van der Waals surface area contributed by atoms with Crippen LogP contribution in [0.1, 0.15) is 26.3 Å². The van der Waals surface area contributed by atoms with Gasteiger partial charge in [0.25, 0.3) is 0 Å². The summed E-state index contributed by atoms with van der Waals surface area (Å²) in [6, 6.07) is 11.1. The van der Waals surface area contributed by atoms with Crippen LogP contribution in [-0.2, 0) is 5.41 Å². The van der Waals surface area contributed by atoms with Crippen LogP contribution in [0.4, 0.5) is 5.69 Å². The maximum atomic E-state index is 6.03. The average molecular weight is 306 g/mol. The monoisotopic (exact) mass is 305 g/mol. The first kappa shape index (κ1) is 15.5. The molecule has 2 aromatic carbocycles. The lowest BCUT2D eigenvalue weighted by molar-refractivity contribution is 0.407. The molecule has 0 aliphatic carbocycles. The average Bonchev–Trinajstić information content (AvgIpc) is 2.43. The van der Waals surface area contributed by atoms with Gasteiger partial charge in [0.1, 0.15) is 11.5 Å². The van der Waals surface area contributed by atoms with Crippen LogP contribution in [-0.4, -0.2) is 7.11 Å². The van der Waals surface area contributed by atoms with Crippen LogP contribution in [0.2, 0.25) is 5.02 Å². The quantitative estimate of drug-likeness (QED) is 0.810. The Labute approximate surface area is 130 Å². The number of nitrogens with two attached hydrogens (primary N) is 1. The van der Waals surface area contributed by atoms with E-state index < -0.39 is 0 Å². The number of ether oxygens (including phenoxy) is 2. The molecule has 0 aliphatic heterocycles. The molecule has 112 valence electrons. The topological polar surface area (TPSA) is 44.5 Å². The van der Waals surface area contributed by atoms with E-state index in [4.69, 9.17) is 26.8 Å². The molecule has 0 saturated carbocycles. The van der Waals surface area contributed by atoms with Crippen LogP contribution in [0.3, 0.4) is 0 Å². The summed E-state index contributed by atoms with van der Waals surface area (Å²) in [7, 11) is 1.65. The lowest BCUT2D eigenvalue weighted by atomic mass is 9.86. The molecule has 0 saturated heterocycles. The van der Waals surface area contributed by atoms with Crippen molar-refractivity contribution >= 4 is 17.3 Å². The maximum Gasteiger partial charge on any atom is 0.151 e. The van der Waals surface area contributed by atoms with Crippen LogP contribution >= 0.6 is 11.6 Å². The number of benzene rings is 2. The van der Waals surface area contributed by atoms with Gasteiger partial charge in [-0.05, 0) is 35.7 Å². The minimum absolute atomic E-state index is 0.0861. The van der Waals surface area contributed by atoms with Crippen LogP contribution in [0.5, 0.6) is 17.2 Å². The number of methoxy groups -OCH3 is 1. The largest absolute Gasteiger partial charge is 0.497 e. The lowest BCUT2D eigenvalue weighted by Gasteiger charge is -2.23. The summed E-state index contributed by atoms with van der Waals surface area (Å²) in [5.41, 5.74) is 7.36. The molecule has 0 aliphatic rings. The van der Waals surface area contributed by atoms with E-state index in [-0.39, 0.29) is 5.41 Å². The van der Waals surface area contributed by atoms with Crippen molar-refractivity contribution in [1.29, 1.82) is 0 Å². The standard InChI is InChI=1S/C17H20ClNO2/c1-17(2,3)12-10-11(20-4)8-9-14(12)21-15-7-5-6-13(18)16(15)19/h5-10H,19H2,1-4H3. The Morgan fingerprint density at radius 1 is 1.05 bits per heavy atom. The smallest absolute Gasteiger partial charge is 0.151 e. The van der Waals surface area contributed by atoms with Gasteiger partial charge in [-0.1, -0.05) is 38.4 Å². The highest BCUT2D eigenvalue weighted by Crippen LogP contribution is 2.39. The third kappa shape index (κ3) is 3.42. The zero-order valence-corrected chi connectivity index (χ0v) is 13.5. The molecular weight excluding hydrogens is 286 g/mol. The molecule has 0 radical (unpaired) electrons. The van der Waals surface area contributed by atoms with Gasteiger partial charge < -0.3 is 15.2 Å². The maximum absolute atomic E-state index is 6.03. The van der Waals surface area contributed by atoms with Crippen molar-refractivity contribution in [3.63, 3.8) is 0 Å². The molecule has 2 aromatic rings. The molecule has 0 heterocycles. The van der Waals surface area contributed by atoms with Crippen molar-refractivity contribution in [1.82, 2.24) is 0 Å². The van der Waals surface area contributed by atoms with Gasteiger partial charge in [0.2, 0.25) is 0 Å². The summed E-state index contributed by atoms with van der Waals surface area (Å²) >= 11 is 6.03. The van der Waals surface area contributed by atoms with Crippen LogP contribution in [0.25, 0.3) is 0 Å². The van der Waals surface area contributed by atoms with E-state index in [2.05, 4.69) is 20.8 Å². The molecule has 0 amide bonds. The van der Waals surface area contributed by atoms with Crippen LogP contribution in [0.15, 0.2) is 36.4 Å². The second-order valence-electron chi connectivity index (χ2n) is 5.87. The minimum atomic E-state index is -0.0861. The summed E-state index contributed by atoms with van der Waals surface area (Å²) in [6.45, 7) is 6.36. The van der Waals surface area contributed by atoms with Crippen molar-refractivity contribution in [3.8, 4) is 17.2 Å². The Hall–Kier alpha value is -1.87. The van der Waals surface area contributed by atoms with E-state index >= 15 is 0 Å². The number of para-hydroxylation sites is 1. The summed E-state index contributed by atoms with van der Waals surface area (Å²) in [4.78, 5) is 0. The summed E-state index contributed by atoms with van der Waals surface area (Å²) in [5.74, 6) is 2.10. The molecular formula is C17H20ClNO2. The van der Waals surface area contributed by atoms with Crippen LogP contribution < -0.4 is 15.2 Å². The minimum Gasteiger partial charge on any atom is -0.497 e. The summed E-state index contributed by atoms with van der Waals surface area (Å²) in [6.07, 6.45) is 0. The zero-order chi connectivity index (χ0) is 15.6. The Bertz CT molecular complexity index is 648. The van der Waals surface area contributed by atoms with Gasteiger partial charge in [-0.3, -0.25) is 0 Å². The number of hydrogen-bond acceptors (Lipinski definition) is 3. The molecule has 0 bridgehead atoms. The summed E-state index contributed by atoms with van der Waals surface area (Å²) < 4.78 is 11.3. The van der Waals surface area contributed by atoms with Gasteiger partial charge in [-0.15, -0.1) is 0 Å². The molecule has 0 fully saturated rings. The molecule has 4 heteroatoms. The predicted octanol–water partition coefficient (Wildman–Crippen LogP) is 5.02. The molecule has 21 heavy (non-hydrogen) atoms.